The molecule has 0 atom stereocenters. The molecule has 0 radical (unpaired) electrons. The quantitative estimate of drug-likeness (QED) is 0.815. The van der Waals surface area contributed by atoms with Crippen molar-refractivity contribution in [2.24, 2.45) is 0 Å². The maximum Gasteiger partial charge on any atom is 0.501 e. The molecule has 1 heterocycles. The molecule has 24 heavy (non-hydrogen) atoms. The van der Waals surface area contributed by atoms with Crippen molar-refractivity contribution in [3.8, 4) is 0 Å². The Bertz CT molecular complexity index is 847. The largest absolute Gasteiger partial charge is 0.501 e. The Kier molecular flexibility index (Phi) is 4.85. The number of benzene rings is 1. The number of nitrogens with one attached hydrogen (secondary N) is 1. The summed E-state index contributed by atoms with van der Waals surface area (Å²) in [4.78, 5) is 10.4. The van der Waals surface area contributed by atoms with E-state index in [1.165, 1.54) is 0 Å². The van der Waals surface area contributed by atoms with E-state index < -0.39 is 43.1 Å². The molecule has 1 amide bonds. The molecule has 0 aliphatic carbocycles. The number of sulfone groups is 1. The van der Waals surface area contributed by atoms with Crippen LogP contribution >= 0.6 is 11.5 Å². The first-order valence-corrected chi connectivity index (χ1v) is 8.13. The number of nitrogens with zero attached hydrogens (tertiary/aromatic N) is 2. The minimum Gasteiger partial charge on any atom is -0.321 e. The number of aromatic nitrogens is 2. The topological polar surface area (TPSA) is 89.0 Å². The molecular formula is C11H6F5N3O3S2. The standard InChI is InChI=1S/C11H6F5N3O3S2/c12-9(13)7-8(23-19-18-7)10(20)17-5-1-3-6(4-2-5)24(21,22)11(14,15)16/h1-4,9H,(H,17,20). The zero-order valence-electron chi connectivity index (χ0n) is 11.2. The summed E-state index contributed by atoms with van der Waals surface area (Å²) in [5, 5.41) is 5.24. The Balaban J connectivity index is 2.21. The lowest BCUT2D eigenvalue weighted by Crippen LogP contribution is -2.23. The zero-order chi connectivity index (χ0) is 18.1. The Morgan fingerprint density at radius 2 is 1.75 bits per heavy atom. The lowest BCUT2D eigenvalue weighted by atomic mass is 10.3. The SMILES string of the molecule is O=C(Nc1ccc(S(=O)(=O)C(F)(F)F)cc1)c1snnc1C(F)F. The molecule has 2 rings (SSSR count). The second-order valence-electron chi connectivity index (χ2n) is 4.22. The second-order valence-corrected chi connectivity index (χ2v) is 6.91. The predicted molar refractivity (Wildman–Crippen MR) is 72.5 cm³/mol. The smallest absolute Gasteiger partial charge is 0.321 e. The highest BCUT2D eigenvalue weighted by Gasteiger charge is 2.46. The molecule has 0 spiro atoms. The summed E-state index contributed by atoms with van der Waals surface area (Å²) in [6.07, 6.45) is -3.02. The van der Waals surface area contributed by atoms with Crippen LogP contribution in [0.15, 0.2) is 29.2 Å². The van der Waals surface area contributed by atoms with E-state index in [4.69, 9.17) is 0 Å². The van der Waals surface area contributed by atoms with Crippen molar-refractivity contribution in [3.05, 3.63) is 34.8 Å². The molecule has 0 aliphatic heterocycles. The molecular weight excluding hydrogens is 381 g/mol. The Morgan fingerprint density at radius 1 is 1.17 bits per heavy atom. The third kappa shape index (κ3) is 3.51. The first kappa shape index (κ1) is 18.2. The molecule has 13 heteroatoms. The highest BCUT2D eigenvalue weighted by Crippen LogP contribution is 2.31. The molecule has 1 N–H and O–H groups in total. The van der Waals surface area contributed by atoms with Crippen LogP contribution in [0, 0.1) is 0 Å². The second kappa shape index (κ2) is 6.39. The average Bonchev–Trinajstić information content (AvgIpc) is 2.96. The first-order valence-electron chi connectivity index (χ1n) is 5.87. The van der Waals surface area contributed by atoms with E-state index >= 15 is 0 Å². The molecule has 6 nitrogen and oxygen atoms in total. The minimum atomic E-state index is -5.51. The van der Waals surface area contributed by atoms with Gasteiger partial charge in [0.15, 0.2) is 5.69 Å². The summed E-state index contributed by atoms with van der Waals surface area (Å²) < 4.78 is 88.0. The van der Waals surface area contributed by atoms with Gasteiger partial charge in [0.25, 0.3) is 22.2 Å². The van der Waals surface area contributed by atoms with Crippen LogP contribution in [0.25, 0.3) is 0 Å². The number of hydrogen-bond donors (Lipinski definition) is 1. The van der Waals surface area contributed by atoms with Crippen molar-refractivity contribution < 1.29 is 35.2 Å². The van der Waals surface area contributed by atoms with Crippen LogP contribution in [0.4, 0.5) is 27.6 Å². The third-order valence-electron chi connectivity index (χ3n) is 2.65. The maximum atomic E-state index is 12.6. The van der Waals surface area contributed by atoms with Crippen molar-refractivity contribution in [2.45, 2.75) is 16.8 Å². The monoisotopic (exact) mass is 387 g/mol. The fourth-order valence-electron chi connectivity index (χ4n) is 1.54. The van der Waals surface area contributed by atoms with Crippen LogP contribution in [-0.4, -0.2) is 29.4 Å². The lowest BCUT2D eigenvalue weighted by molar-refractivity contribution is -0.0436. The number of hydrogen-bond acceptors (Lipinski definition) is 6. The summed E-state index contributed by atoms with van der Waals surface area (Å²) in [6.45, 7) is 0. The van der Waals surface area contributed by atoms with Gasteiger partial charge in [-0.3, -0.25) is 4.79 Å². The van der Waals surface area contributed by atoms with Gasteiger partial charge in [0.2, 0.25) is 0 Å². The molecule has 0 saturated heterocycles. The fourth-order valence-corrected chi connectivity index (χ4v) is 2.87. The van der Waals surface area contributed by atoms with Gasteiger partial charge in [0.1, 0.15) is 4.88 Å². The number of anilines is 1. The molecule has 1 aromatic carbocycles. The van der Waals surface area contributed by atoms with Crippen molar-refractivity contribution in [1.29, 1.82) is 0 Å². The number of alkyl halides is 5. The van der Waals surface area contributed by atoms with E-state index in [-0.39, 0.29) is 5.69 Å². The summed E-state index contributed by atoms with van der Waals surface area (Å²) in [5.41, 5.74) is -6.37. The van der Waals surface area contributed by atoms with Gasteiger partial charge >= 0.3 is 5.51 Å². The van der Waals surface area contributed by atoms with Gasteiger partial charge in [0.05, 0.1) is 4.90 Å². The summed E-state index contributed by atoms with van der Waals surface area (Å²) in [7, 11) is -5.51. The zero-order valence-corrected chi connectivity index (χ0v) is 12.8. The number of rotatable bonds is 4. The predicted octanol–water partition coefficient (Wildman–Crippen LogP) is 3.02. The molecule has 0 aliphatic rings. The molecule has 0 saturated carbocycles. The van der Waals surface area contributed by atoms with Crippen molar-refractivity contribution in [1.82, 2.24) is 9.59 Å². The number of halogens is 5. The Hall–Kier alpha value is -2.15. The van der Waals surface area contributed by atoms with Gasteiger partial charge in [0, 0.05) is 5.69 Å². The van der Waals surface area contributed by atoms with E-state index in [0.717, 1.165) is 12.1 Å². The maximum absolute atomic E-state index is 12.6. The summed E-state index contributed by atoms with van der Waals surface area (Å²) in [5.74, 6) is -0.994. The van der Waals surface area contributed by atoms with Crippen molar-refractivity contribution in [2.75, 3.05) is 5.32 Å². The number of amides is 1. The van der Waals surface area contributed by atoms with Gasteiger partial charge in [-0.2, -0.15) is 13.2 Å². The normalized spacial score (nSPS) is 12.4. The molecule has 1 aromatic heterocycles. The number of carbonyl (C=O) groups is 1. The van der Waals surface area contributed by atoms with E-state index in [0.29, 0.717) is 23.7 Å². The molecule has 130 valence electrons. The average molecular weight is 387 g/mol. The summed E-state index contributed by atoms with van der Waals surface area (Å²) in [6, 6.07) is 3.06. The highest BCUT2D eigenvalue weighted by atomic mass is 32.2. The molecule has 0 fully saturated rings. The minimum absolute atomic E-state index is 0.0882. The van der Waals surface area contributed by atoms with Crippen molar-refractivity contribution in [3.63, 3.8) is 0 Å². The van der Waals surface area contributed by atoms with Gasteiger partial charge in [-0.15, -0.1) is 5.10 Å². The lowest BCUT2D eigenvalue weighted by Gasteiger charge is -2.09. The van der Waals surface area contributed by atoms with Crippen LogP contribution in [0.3, 0.4) is 0 Å². The summed E-state index contributed by atoms with van der Waals surface area (Å²) >= 11 is 0.418. The van der Waals surface area contributed by atoms with Gasteiger partial charge in [-0.1, -0.05) is 4.49 Å². The van der Waals surface area contributed by atoms with Crippen LogP contribution in [-0.2, 0) is 9.84 Å². The van der Waals surface area contributed by atoms with E-state index in [9.17, 15) is 35.2 Å². The van der Waals surface area contributed by atoms with Crippen LogP contribution in [0.2, 0.25) is 0 Å². The Labute approximate surface area is 135 Å². The van der Waals surface area contributed by atoms with E-state index in [2.05, 4.69) is 14.9 Å². The first-order chi connectivity index (χ1) is 11.0. The molecule has 0 unspecified atom stereocenters. The van der Waals surface area contributed by atoms with Crippen molar-refractivity contribution >= 4 is 33.0 Å². The molecule has 2 aromatic rings. The van der Waals surface area contributed by atoms with Gasteiger partial charge in [-0.25, -0.2) is 17.2 Å². The van der Waals surface area contributed by atoms with Crippen LogP contribution < -0.4 is 5.32 Å². The Morgan fingerprint density at radius 3 is 2.25 bits per heavy atom. The van der Waals surface area contributed by atoms with E-state index in [1.807, 2.05) is 0 Å². The van der Waals surface area contributed by atoms with Crippen LogP contribution in [0.5, 0.6) is 0 Å². The molecule has 0 bridgehead atoms. The van der Waals surface area contributed by atoms with E-state index in [1.54, 1.807) is 0 Å². The fraction of sp³-hybridized carbons (Fsp3) is 0.182. The van der Waals surface area contributed by atoms with Gasteiger partial charge in [-0.05, 0) is 35.8 Å². The number of carbonyl (C=O) groups excluding carboxylic acids is 1. The van der Waals surface area contributed by atoms with Crippen LogP contribution in [0.1, 0.15) is 21.8 Å². The third-order valence-corrected chi connectivity index (χ3v) is 4.90. The van der Waals surface area contributed by atoms with Gasteiger partial charge < -0.3 is 5.32 Å². The highest BCUT2D eigenvalue weighted by molar-refractivity contribution is 7.92.